The van der Waals surface area contributed by atoms with E-state index >= 15 is 0 Å². The molecule has 1 fully saturated rings. The summed E-state index contributed by atoms with van der Waals surface area (Å²) < 4.78 is 11.9. The van der Waals surface area contributed by atoms with Gasteiger partial charge in [-0.2, -0.15) is 0 Å². The number of benzene rings is 1. The van der Waals surface area contributed by atoms with Crippen LogP contribution in [0.2, 0.25) is 0 Å². The number of carbonyl (C=O) groups is 1. The number of oxazole rings is 1. The van der Waals surface area contributed by atoms with E-state index in [1.54, 1.807) is 12.3 Å². The minimum absolute atomic E-state index is 0.0761. The average Bonchev–Trinajstić information content (AvgIpc) is 3.13. The first-order chi connectivity index (χ1) is 11.8. The molecule has 7 heteroatoms. The van der Waals surface area contributed by atoms with Gasteiger partial charge in [0.1, 0.15) is 15.8 Å². The third kappa shape index (κ3) is 4.49. The summed E-state index contributed by atoms with van der Waals surface area (Å²) in [6, 6.07) is 7.45. The lowest BCUT2D eigenvalue weighted by molar-refractivity contribution is -0.115. The van der Waals surface area contributed by atoms with Gasteiger partial charge in [0.2, 0.25) is 5.89 Å². The number of hydrogen-bond donors (Lipinski definition) is 1. The zero-order chi connectivity index (χ0) is 18.0. The number of amides is 1. The van der Waals surface area contributed by atoms with Crippen LogP contribution in [0.1, 0.15) is 38.0 Å². The Morgan fingerprint density at radius 1 is 1.32 bits per heavy atom. The van der Waals surface area contributed by atoms with Crippen molar-refractivity contribution in [2.24, 2.45) is 0 Å². The summed E-state index contributed by atoms with van der Waals surface area (Å²) in [5.74, 6) is 1.92. The molecule has 1 saturated heterocycles. The van der Waals surface area contributed by atoms with Gasteiger partial charge in [0.05, 0.1) is 11.1 Å². The van der Waals surface area contributed by atoms with Crippen molar-refractivity contribution >= 4 is 40.3 Å². The first-order valence-corrected chi connectivity index (χ1v) is 8.97. The Balaban J connectivity index is 1.61. The highest BCUT2D eigenvalue weighted by molar-refractivity contribution is 8.26. The third-order valence-corrected chi connectivity index (χ3v) is 4.64. The molecule has 0 atom stereocenters. The Bertz CT molecular complexity index is 833. The number of thiocarbonyl (C=S) groups is 1. The van der Waals surface area contributed by atoms with Crippen LogP contribution in [0.3, 0.4) is 0 Å². The van der Waals surface area contributed by atoms with Crippen LogP contribution in [-0.4, -0.2) is 15.2 Å². The molecule has 0 aliphatic carbocycles. The monoisotopic (exact) mass is 374 g/mol. The van der Waals surface area contributed by atoms with E-state index in [4.69, 9.17) is 21.4 Å². The number of hydrogen-bond acceptors (Lipinski definition) is 6. The van der Waals surface area contributed by atoms with Crippen LogP contribution in [0.5, 0.6) is 5.75 Å². The van der Waals surface area contributed by atoms with E-state index in [-0.39, 0.29) is 17.9 Å². The van der Waals surface area contributed by atoms with Crippen molar-refractivity contribution in [2.45, 2.75) is 32.8 Å². The van der Waals surface area contributed by atoms with Gasteiger partial charge in [-0.15, -0.1) is 0 Å². The first-order valence-electron chi connectivity index (χ1n) is 7.74. The Morgan fingerprint density at radius 2 is 2.04 bits per heavy atom. The maximum absolute atomic E-state index is 11.7. The molecule has 2 aromatic rings. The average molecular weight is 374 g/mol. The summed E-state index contributed by atoms with van der Waals surface area (Å²) in [7, 11) is 0. The molecule has 0 saturated carbocycles. The number of ether oxygens (including phenoxy) is 1. The molecule has 1 aliphatic heterocycles. The second-order valence-electron chi connectivity index (χ2n) is 6.58. The second-order valence-corrected chi connectivity index (χ2v) is 8.30. The molecule has 0 spiro atoms. The lowest BCUT2D eigenvalue weighted by Gasteiger charge is -2.13. The summed E-state index contributed by atoms with van der Waals surface area (Å²) in [6.45, 7) is 6.48. The van der Waals surface area contributed by atoms with Crippen molar-refractivity contribution in [3.63, 3.8) is 0 Å². The summed E-state index contributed by atoms with van der Waals surface area (Å²) in [6.07, 6.45) is 3.54. The standard InChI is InChI=1S/C18H18N2O3S2/c1-18(2,3)14-9-19-15(23-14)10-22-12-6-4-11(5-7-12)8-13-16(21)20-17(24)25-13/h4-9H,10H2,1-3H3,(H,20,21,24). The highest BCUT2D eigenvalue weighted by Gasteiger charge is 2.22. The highest BCUT2D eigenvalue weighted by atomic mass is 32.2. The van der Waals surface area contributed by atoms with Crippen molar-refractivity contribution in [1.29, 1.82) is 0 Å². The fraction of sp³-hybridized carbons (Fsp3) is 0.278. The topological polar surface area (TPSA) is 64.4 Å². The van der Waals surface area contributed by atoms with E-state index in [0.717, 1.165) is 11.3 Å². The molecule has 1 N–H and O–H groups in total. The number of thioether (sulfide) groups is 1. The quantitative estimate of drug-likeness (QED) is 0.644. The largest absolute Gasteiger partial charge is 0.484 e. The fourth-order valence-electron chi connectivity index (χ4n) is 2.10. The molecule has 0 bridgehead atoms. The van der Waals surface area contributed by atoms with E-state index < -0.39 is 0 Å². The lowest BCUT2D eigenvalue weighted by atomic mass is 9.94. The minimum atomic E-state index is -0.158. The summed E-state index contributed by atoms with van der Waals surface area (Å²) in [5, 5.41) is 2.59. The Kier molecular flexibility index (Phi) is 4.96. The first kappa shape index (κ1) is 17.7. The van der Waals surface area contributed by atoms with Crippen molar-refractivity contribution in [3.05, 3.63) is 52.6 Å². The maximum atomic E-state index is 11.7. The van der Waals surface area contributed by atoms with Gasteiger partial charge >= 0.3 is 0 Å². The number of rotatable bonds is 4. The lowest BCUT2D eigenvalue weighted by Crippen LogP contribution is -2.17. The van der Waals surface area contributed by atoms with Crippen LogP contribution in [-0.2, 0) is 16.8 Å². The molecule has 1 aliphatic rings. The van der Waals surface area contributed by atoms with Crippen LogP contribution >= 0.6 is 24.0 Å². The smallest absolute Gasteiger partial charge is 0.263 e. The van der Waals surface area contributed by atoms with Gasteiger partial charge in [-0.25, -0.2) is 4.98 Å². The van der Waals surface area contributed by atoms with Gasteiger partial charge < -0.3 is 14.5 Å². The van der Waals surface area contributed by atoms with Crippen molar-refractivity contribution in [1.82, 2.24) is 10.3 Å². The molecule has 0 unspecified atom stereocenters. The summed E-state index contributed by atoms with van der Waals surface area (Å²) in [4.78, 5) is 16.5. The molecule has 3 rings (SSSR count). The van der Waals surface area contributed by atoms with Gasteiger partial charge in [-0.05, 0) is 23.8 Å². The van der Waals surface area contributed by atoms with Crippen molar-refractivity contribution in [2.75, 3.05) is 0 Å². The minimum Gasteiger partial charge on any atom is -0.484 e. The SMILES string of the molecule is CC(C)(C)c1cnc(COc2ccc(C=C3SC(=S)NC3=O)cc2)o1. The number of nitrogens with one attached hydrogen (secondary N) is 1. The molecule has 5 nitrogen and oxygen atoms in total. The van der Waals surface area contributed by atoms with E-state index in [2.05, 4.69) is 31.1 Å². The van der Waals surface area contributed by atoms with Gasteiger partial charge in [0, 0.05) is 5.41 Å². The third-order valence-electron chi connectivity index (χ3n) is 3.47. The van der Waals surface area contributed by atoms with Gasteiger partial charge in [0.25, 0.3) is 5.91 Å². The van der Waals surface area contributed by atoms with E-state index in [1.807, 2.05) is 24.3 Å². The second kappa shape index (κ2) is 7.01. The molecule has 1 aromatic heterocycles. The zero-order valence-corrected chi connectivity index (χ0v) is 15.8. The Morgan fingerprint density at radius 3 is 2.60 bits per heavy atom. The predicted molar refractivity (Wildman–Crippen MR) is 102 cm³/mol. The summed E-state index contributed by atoms with van der Waals surface area (Å²) >= 11 is 6.24. The Labute approximate surface area is 155 Å². The molecule has 130 valence electrons. The zero-order valence-electron chi connectivity index (χ0n) is 14.2. The Hall–Kier alpha value is -2.12. The maximum Gasteiger partial charge on any atom is 0.263 e. The van der Waals surface area contributed by atoms with Crippen LogP contribution < -0.4 is 10.1 Å². The van der Waals surface area contributed by atoms with Gasteiger partial charge in [0.15, 0.2) is 6.61 Å². The molecule has 2 heterocycles. The van der Waals surface area contributed by atoms with Crippen LogP contribution in [0.25, 0.3) is 6.08 Å². The molecular formula is C18H18N2O3S2. The fourth-order valence-corrected chi connectivity index (χ4v) is 3.15. The number of aromatic nitrogens is 1. The van der Waals surface area contributed by atoms with E-state index in [1.165, 1.54) is 11.8 Å². The van der Waals surface area contributed by atoms with Crippen LogP contribution in [0, 0.1) is 0 Å². The normalized spacial score (nSPS) is 16.4. The highest BCUT2D eigenvalue weighted by Crippen LogP contribution is 2.27. The molecule has 25 heavy (non-hydrogen) atoms. The van der Waals surface area contributed by atoms with Crippen molar-refractivity contribution < 1.29 is 13.9 Å². The molecule has 0 radical (unpaired) electrons. The number of nitrogens with zero attached hydrogens (tertiary/aromatic N) is 1. The van der Waals surface area contributed by atoms with E-state index in [9.17, 15) is 4.79 Å². The van der Waals surface area contributed by atoms with Crippen molar-refractivity contribution in [3.8, 4) is 5.75 Å². The number of carbonyl (C=O) groups excluding carboxylic acids is 1. The molecule has 1 aromatic carbocycles. The van der Waals surface area contributed by atoms with Crippen LogP contribution in [0.4, 0.5) is 0 Å². The van der Waals surface area contributed by atoms with Crippen LogP contribution in [0.15, 0.2) is 39.8 Å². The van der Waals surface area contributed by atoms with Gasteiger partial charge in [-0.3, -0.25) is 4.79 Å². The van der Waals surface area contributed by atoms with Gasteiger partial charge in [-0.1, -0.05) is 56.9 Å². The molecular weight excluding hydrogens is 356 g/mol. The van der Waals surface area contributed by atoms with E-state index in [0.29, 0.717) is 20.9 Å². The summed E-state index contributed by atoms with van der Waals surface area (Å²) in [5.41, 5.74) is 0.827. The predicted octanol–water partition coefficient (Wildman–Crippen LogP) is 4.04. The molecule has 1 amide bonds.